The molecular weight excluding hydrogens is 304 g/mol. The molecule has 0 aliphatic carbocycles. The standard InChI is InChI=1S/C20H22O4/c1-19(2,23-17(21)15-11-7-5-8-12-15)20(3,4)24-18(22)16-13-9-6-10-14-16/h5-14H,1-4H3/q-2. The zero-order chi connectivity index (χ0) is 17.8. The van der Waals surface area contributed by atoms with Crippen LogP contribution in [0.4, 0.5) is 0 Å². The van der Waals surface area contributed by atoms with E-state index in [-0.39, 0.29) is 0 Å². The number of hydrogen-bond acceptors (Lipinski definition) is 4. The second kappa shape index (κ2) is 7.45. The first-order chi connectivity index (χ1) is 11.2. The lowest BCUT2D eigenvalue weighted by molar-refractivity contribution is -0.444. The Hall–Kier alpha value is -1.72. The Morgan fingerprint density at radius 1 is 0.625 bits per heavy atom. The Balaban J connectivity index is 2.08. The van der Waals surface area contributed by atoms with Crippen molar-refractivity contribution >= 4 is 0 Å². The van der Waals surface area contributed by atoms with E-state index in [2.05, 4.69) is 0 Å². The van der Waals surface area contributed by atoms with Crippen molar-refractivity contribution in [3.63, 3.8) is 0 Å². The summed E-state index contributed by atoms with van der Waals surface area (Å²) in [6.07, 6.45) is -0.908. The van der Waals surface area contributed by atoms with Crippen molar-refractivity contribution in [1.29, 1.82) is 0 Å². The van der Waals surface area contributed by atoms with Gasteiger partial charge in [0.15, 0.2) is 0 Å². The van der Waals surface area contributed by atoms with E-state index in [0.29, 0.717) is 11.1 Å². The van der Waals surface area contributed by atoms with Gasteiger partial charge in [0.25, 0.3) is 0 Å². The van der Waals surface area contributed by atoms with Gasteiger partial charge in [-0.15, -0.1) is 0 Å². The van der Waals surface area contributed by atoms with Gasteiger partial charge in [-0.2, -0.15) is 0 Å². The van der Waals surface area contributed by atoms with Crippen molar-refractivity contribution in [3.05, 3.63) is 84.4 Å². The van der Waals surface area contributed by atoms with E-state index in [0.717, 1.165) is 0 Å². The summed E-state index contributed by atoms with van der Waals surface area (Å²) in [5.74, 6) is 0. The highest BCUT2D eigenvalue weighted by Gasteiger charge is 2.40. The van der Waals surface area contributed by atoms with E-state index in [1.165, 1.54) is 0 Å². The summed E-state index contributed by atoms with van der Waals surface area (Å²) >= 11 is 0. The molecule has 24 heavy (non-hydrogen) atoms. The third-order valence-electron chi connectivity index (χ3n) is 4.16. The van der Waals surface area contributed by atoms with Crippen molar-refractivity contribution < 1.29 is 19.7 Å². The molecule has 0 aliphatic rings. The Labute approximate surface area is 143 Å². The lowest BCUT2D eigenvalue weighted by atomic mass is 9.88. The second-order valence-corrected chi connectivity index (χ2v) is 6.53. The van der Waals surface area contributed by atoms with E-state index in [1.54, 1.807) is 76.2 Å². The molecule has 0 heterocycles. The Morgan fingerprint density at radius 2 is 0.917 bits per heavy atom. The Bertz CT molecular complexity index is 565. The minimum absolute atomic E-state index is 0.454. The van der Waals surface area contributed by atoms with Gasteiger partial charge in [-0.25, -0.2) is 0 Å². The first-order valence-electron chi connectivity index (χ1n) is 7.80. The molecule has 0 aliphatic heterocycles. The lowest BCUT2D eigenvalue weighted by Crippen LogP contribution is -2.53. The van der Waals surface area contributed by atoms with Gasteiger partial charge in [0.1, 0.15) is 0 Å². The van der Waals surface area contributed by atoms with Crippen LogP contribution in [0.3, 0.4) is 0 Å². The van der Waals surface area contributed by atoms with Crippen LogP contribution in [0.25, 0.3) is 0 Å². The van der Waals surface area contributed by atoms with Crippen LogP contribution in [-0.4, -0.2) is 11.2 Å². The minimum Gasteiger partial charge on any atom is -0.824 e. The summed E-state index contributed by atoms with van der Waals surface area (Å²) in [7, 11) is 0. The van der Waals surface area contributed by atoms with E-state index in [1.807, 2.05) is 12.1 Å². The third kappa shape index (κ3) is 4.42. The molecule has 2 aromatic rings. The molecule has 0 spiro atoms. The van der Waals surface area contributed by atoms with Gasteiger partial charge < -0.3 is 19.7 Å². The topological polar surface area (TPSA) is 64.6 Å². The largest absolute Gasteiger partial charge is 0.824 e. The fourth-order valence-electron chi connectivity index (χ4n) is 1.98. The summed E-state index contributed by atoms with van der Waals surface area (Å²) in [6, 6.07) is 17.5. The molecule has 0 N–H and O–H groups in total. The average molecular weight is 326 g/mol. The van der Waals surface area contributed by atoms with Crippen LogP contribution < -0.4 is 10.2 Å². The van der Waals surface area contributed by atoms with E-state index in [9.17, 15) is 10.2 Å². The van der Waals surface area contributed by atoms with Crippen molar-refractivity contribution in [1.82, 2.24) is 0 Å². The first-order valence-corrected chi connectivity index (χ1v) is 7.80. The predicted molar refractivity (Wildman–Crippen MR) is 87.9 cm³/mol. The maximum Gasteiger partial charge on any atom is 0.0903 e. The zero-order valence-corrected chi connectivity index (χ0v) is 14.4. The molecule has 4 heteroatoms. The Morgan fingerprint density at radius 3 is 1.21 bits per heavy atom. The molecule has 0 saturated heterocycles. The fraction of sp³-hybridized carbons (Fsp3) is 0.300. The van der Waals surface area contributed by atoms with Gasteiger partial charge in [-0.3, -0.25) is 0 Å². The maximum absolute atomic E-state index is 12.3. The highest BCUT2D eigenvalue weighted by molar-refractivity contribution is 5.24. The molecule has 2 radical (unpaired) electrons. The normalized spacial score (nSPS) is 12.8. The van der Waals surface area contributed by atoms with Gasteiger partial charge in [-0.1, -0.05) is 60.7 Å². The highest BCUT2D eigenvalue weighted by atomic mass is 16.7. The monoisotopic (exact) mass is 326 g/mol. The van der Waals surface area contributed by atoms with Crippen LogP contribution in [0.1, 0.15) is 38.8 Å². The molecular formula is C20H22O4-2. The molecule has 128 valence electrons. The fourth-order valence-corrected chi connectivity index (χ4v) is 1.98. The summed E-state index contributed by atoms with van der Waals surface area (Å²) in [4.78, 5) is 0. The number of ether oxygens (including phenoxy) is 2. The van der Waals surface area contributed by atoms with Crippen LogP contribution in [0.5, 0.6) is 0 Å². The van der Waals surface area contributed by atoms with Gasteiger partial charge in [0.05, 0.1) is 11.2 Å². The van der Waals surface area contributed by atoms with E-state index in [4.69, 9.17) is 9.47 Å². The Kier molecular flexibility index (Phi) is 5.78. The smallest absolute Gasteiger partial charge is 0.0903 e. The van der Waals surface area contributed by atoms with E-state index >= 15 is 0 Å². The molecule has 0 saturated carbocycles. The minimum atomic E-state index is -1.01. The number of rotatable bonds is 7. The van der Waals surface area contributed by atoms with Crippen molar-refractivity contribution in [2.24, 2.45) is 0 Å². The van der Waals surface area contributed by atoms with Crippen LogP contribution in [0.15, 0.2) is 60.7 Å². The van der Waals surface area contributed by atoms with Crippen molar-refractivity contribution in [2.45, 2.75) is 38.9 Å². The quantitative estimate of drug-likeness (QED) is 0.783. The van der Waals surface area contributed by atoms with E-state index < -0.39 is 23.8 Å². The van der Waals surface area contributed by atoms with Gasteiger partial charge in [0.2, 0.25) is 0 Å². The summed E-state index contributed by atoms with van der Waals surface area (Å²) < 4.78 is 11.2. The number of hydrogen-bond donors (Lipinski definition) is 0. The molecule has 2 rings (SSSR count). The van der Waals surface area contributed by atoms with Crippen LogP contribution in [0.2, 0.25) is 0 Å². The van der Waals surface area contributed by atoms with Gasteiger partial charge in [-0.05, 0) is 38.8 Å². The number of benzene rings is 2. The first kappa shape index (κ1) is 18.6. The summed E-state index contributed by atoms with van der Waals surface area (Å²) in [5.41, 5.74) is -1.11. The third-order valence-corrected chi connectivity index (χ3v) is 4.16. The van der Waals surface area contributed by atoms with Crippen LogP contribution >= 0.6 is 0 Å². The molecule has 0 amide bonds. The van der Waals surface area contributed by atoms with Crippen molar-refractivity contribution in [2.75, 3.05) is 0 Å². The maximum atomic E-state index is 12.3. The zero-order valence-electron chi connectivity index (χ0n) is 14.4. The second-order valence-electron chi connectivity index (χ2n) is 6.53. The average Bonchev–Trinajstić information content (AvgIpc) is 2.55. The highest BCUT2D eigenvalue weighted by Crippen LogP contribution is 2.34. The predicted octanol–water partition coefficient (Wildman–Crippen LogP) is 2.37. The molecule has 4 nitrogen and oxygen atoms in total. The summed E-state index contributed by atoms with van der Waals surface area (Å²) in [5, 5.41) is 24.6. The van der Waals surface area contributed by atoms with Crippen LogP contribution in [-0.2, 0) is 9.47 Å². The molecule has 2 aromatic carbocycles. The molecule has 0 aromatic heterocycles. The van der Waals surface area contributed by atoms with Gasteiger partial charge in [0, 0.05) is 12.6 Å². The molecule has 0 atom stereocenters. The summed E-state index contributed by atoms with van der Waals surface area (Å²) in [6.45, 7) is 6.91. The molecule has 0 unspecified atom stereocenters. The molecule has 0 fully saturated rings. The van der Waals surface area contributed by atoms with Gasteiger partial charge >= 0.3 is 0 Å². The molecule has 0 bridgehead atoms. The van der Waals surface area contributed by atoms with Crippen LogP contribution in [0, 0.1) is 12.6 Å². The lowest BCUT2D eigenvalue weighted by Gasteiger charge is -2.47. The SMILES string of the molecule is CC(C)(O[C]([O-])c1ccccc1)C(C)(C)O[C]([O-])c1ccccc1. The van der Waals surface area contributed by atoms with Crippen molar-refractivity contribution in [3.8, 4) is 0 Å².